The average Bonchev–Trinajstić information content (AvgIpc) is 2.58. The standard InChI is InChI=1S/C15H20N3O7PS/c1-3-24-26(21,25-4-2)10-17-15-12-6-5-7-14(27(16,22)23)11(12)8-9-13(15)18(19)20/h5-9,17H,3-4,10H2,1-2H3,(H2,16,22,23). The molecule has 0 spiro atoms. The number of rotatable bonds is 9. The smallest absolute Gasteiger partial charge is 0.349 e. The fraction of sp³-hybridized carbons (Fsp3) is 0.333. The number of nitrogens with two attached hydrogens (primary N) is 1. The molecule has 0 fully saturated rings. The number of hydrogen-bond donors (Lipinski definition) is 2. The summed E-state index contributed by atoms with van der Waals surface area (Å²) in [7, 11) is -7.58. The molecular formula is C15H20N3O7PS. The van der Waals surface area contributed by atoms with Gasteiger partial charge in [0, 0.05) is 16.8 Å². The number of primary sulfonamides is 1. The van der Waals surface area contributed by atoms with Gasteiger partial charge in [0.1, 0.15) is 12.0 Å². The number of benzene rings is 2. The maximum absolute atomic E-state index is 12.6. The Morgan fingerprint density at radius 1 is 1.15 bits per heavy atom. The van der Waals surface area contributed by atoms with E-state index in [0.29, 0.717) is 0 Å². The second kappa shape index (κ2) is 8.32. The summed E-state index contributed by atoms with van der Waals surface area (Å²) in [5.41, 5.74) is -0.309. The maximum Gasteiger partial charge on any atom is 0.349 e. The van der Waals surface area contributed by atoms with Crippen LogP contribution in [0.4, 0.5) is 11.4 Å². The molecule has 0 aromatic heterocycles. The van der Waals surface area contributed by atoms with Crippen LogP contribution in [-0.4, -0.2) is 32.8 Å². The van der Waals surface area contributed by atoms with Gasteiger partial charge in [-0.2, -0.15) is 0 Å². The van der Waals surface area contributed by atoms with E-state index in [1.807, 2.05) is 0 Å². The van der Waals surface area contributed by atoms with Crippen molar-refractivity contribution in [3.8, 4) is 0 Å². The van der Waals surface area contributed by atoms with Crippen molar-refractivity contribution in [2.75, 3.05) is 24.8 Å². The van der Waals surface area contributed by atoms with E-state index < -0.39 is 22.5 Å². The highest BCUT2D eigenvalue weighted by atomic mass is 32.2. The highest BCUT2D eigenvalue weighted by Crippen LogP contribution is 2.48. The molecule has 0 saturated carbocycles. The molecule has 0 bridgehead atoms. The first kappa shape index (κ1) is 21.3. The third-order valence-electron chi connectivity index (χ3n) is 3.60. The van der Waals surface area contributed by atoms with Crippen molar-refractivity contribution in [1.82, 2.24) is 0 Å². The van der Waals surface area contributed by atoms with Crippen molar-refractivity contribution < 1.29 is 27.0 Å². The summed E-state index contributed by atoms with van der Waals surface area (Å²) in [6, 6.07) is 6.69. The van der Waals surface area contributed by atoms with Crippen LogP contribution in [-0.2, 0) is 23.6 Å². The number of anilines is 1. The molecule has 2 aromatic carbocycles. The van der Waals surface area contributed by atoms with Gasteiger partial charge in [-0.1, -0.05) is 12.1 Å². The third kappa shape index (κ3) is 4.82. The fourth-order valence-electron chi connectivity index (χ4n) is 2.60. The first-order valence-corrected chi connectivity index (χ1v) is 11.2. The Morgan fingerprint density at radius 2 is 1.78 bits per heavy atom. The average molecular weight is 417 g/mol. The largest absolute Gasteiger partial charge is 0.368 e. The maximum atomic E-state index is 12.6. The van der Waals surface area contributed by atoms with Crippen molar-refractivity contribution in [2.24, 2.45) is 5.14 Å². The molecular weight excluding hydrogens is 397 g/mol. The molecule has 0 heterocycles. The molecule has 148 valence electrons. The van der Waals surface area contributed by atoms with Crippen molar-refractivity contribution in [1.29, 1.82) is 0 Å². The quantitative estimate of drug-likeness (QED) is 0.359. The topological polar surface area (TPSA) is 151 Å². The molecule has 2 aromatic rings. The second-order valence-corrected chi connectivity index (χ2v) is 8.98. The lowest BCUT2D eigenvalue weighted by Gasteiger charge is -2.19. The van der Waals surface area contributed by atoms with E-state index in [4.69, 9.17) is 14.2 Å². The van der Waals surface area contributed by atoms with E-state index in [1.165, 1.54) is 24.3 Å². The lowest BCUT2D eigenvalue weighted by molar-refractivity contribution is -0.383. The van der Waals surface area contributed by atoms with Gasteiger partial charge in [-0.05, 0) is 26.0 Å². The van der Waals surface area contributed by atoms with Crippen LogP contribution < -0.4 is 10.5 Å². The summed E-state index contributed by atoms with van der Waals surface area (Å²) in [6.07, 6.45) is -0.325. The van der Waals surface area contributed by atoms with Crippen molar-refractivity contribution in [3.63, 3.8) is 0 Å². The van der Waals surface area contributed by atoms with E-state index in [-0.39, 0.29) is 46.5 Å². The van der Waals surface area contributed by atoms with Gasteiger partial charge < -0.3 is 14.4 Å². The van der Waals surface area contributed by atoms with Crippen molar-refractivity contribution in [2.45, 2.75) is 18.7 Å². The number of nitrogens with one attached hydrogen (secondary N) is 1. The molecule has 2 rings (SSSR count). The van der Waals surface area contributed by atoms with Crippen LogP contribution >= 0.6 is 7.60 Å². The Kier molecular flexibility index (Phi) is 6.55. The SMILES string of the molecule is CCOP(=O)(CNc1c([N+](=O)[O-])ccc2c(S(N)(=O)=O)cccc12)OCC. The van der Waals surface area contributed by atoms with Gasteiger partial charge in [-0.3, -0.25) is 14.7 Å². The Bertz CT molecular complexity index is 1000. The molecule has 0 atom stereocenters. The molecule has 3 N–H and O–H groups in total. The zero-order valence-electron chi connectivity index (χ0n) is 14.7. The van der Waals surface area contributed by atoms with Crippen molar-refractivity contribution in [3.05, 3.63) is 40.4 Å². The Labute approximate surface area is 156 Å². The molecule has 0 unspecified atom stereocenters. The van der Waals surface area contributed by atoms with Gasteiger partial charge in [0.25, 0.3) is 5.69 Å². The molecule has 0 aliphatic rings. The van der Waals surface area contributed by atoms with Gasteiger partial charge in [0.2, 0.25) is 10.0 Å². The Morgan fingerprint density at radius 3 is 2.30 bits per heavy atom. The molecule has 0 aliphatic carbocycles. The minimum atomic E-state index is -4.04. The third-order valence-corrected chi connectivity index (χ3v) is 6.42. The van der Waals surface area contributed by atoms with E-state index in [1.54, 1.807) is 13.8 Å². The Balaban J connectivity index is 2.61. The van der Waals surface area contributed by atoms with Crippen LogP contribution in [0, 0.1) is 10.1 Å². The molecule has 0 amide bonds. The van der Waals surface area contributed by atoms with E-state index in [9.17, 15) is 23.1 Å². The van der Waals surface area contributed by atoms with E-state index in [0.717, 1.165) is 6.07 Å². The number of sulfonamides is 1. The van der Waals surface area contributed by atoms with Crippen LogP contribution in [0.3, 0.4) is 0 Å². The predicted octanol–water partition coefficient (Wildman–Crippen LogP) is 3.03. The van der Waals surface area contributed by atoms with Gasteiger partial charge in [0.05, 0.1) is 23.0 Å². The van der Waals surface area contributed by atoms with Gasteiger partial charge in [-0.25, -0.2) is 13.6 Å². The summed E-state index contributed by atoms with van der Waals surface area (Å²) in [5, 5.41) is 19.8. The highest BCUT2D eigenvalue weighted by Gasteiger charge is 2.27. The summed E-state index contributed by atoms with van der Waals surface area (Å²) in [5.74, 6) is 0. The monoisotopic (exact) mass is 417 g/mol. The summed E-state index contributed by atoms with van der Waals surface area (Å²) >= 11 is 0. The summed E-state index contributed by atoms with van der Waals surface area (Å²) < 4.78 is 46.6. The van der Waals surface area contributed by atoms with E-state index >= 15 is 0 Å². The predicted molar refractivity (Wildman–Crippen MR) is 101 cm³/mol. The van der Waals surface area contributed by atoms with Gasteiger partial charge in [0.15, 0.2) is 0 Å². The van der Waals surface area contributed by atoms with Crippen LogP contribution in [0.5, 0.6) is 0 Å². The number of nitro groups is 1. The normalized spacial score (nSPS) is 12.3. The van der Waals surface area contributed by atoms with Crippen LogP contribution in [0.1, 0.15) is 13.8 Å². The summed E-state index contributed by atoms with van der Waals surface area (Å²) in [4.78, 5) is 10.6. The van der Waals surface area contributed by atoms with Gasteiger partial charge >= 0.3 is 7.60 Å². The lowest BCUT2D eigenvalue weighted by atomic mass is 10.1. The Hall–Kier alpha value is -2.04. The molecule has 12 heteroatoms. The van der Waals surface area contributed by atoms with E-state index in [2.05, 4.69) is 5.32 Å². The fourth-order valence-corrected chi connectivity index (χ4v) is 4.75. The van der Waals surface area contributed by atoms with Crippen LogP contribution in [0.15, 0.2) is 35.2 Å². The minimum Gasteiger partial charge on any atom is -0.368 e. The number of hydrogen-bond acceptors (Lipinski definition) is 8. The highest BCUT2D eigenvalue weighted by molar-refractivity contribution is 7.89. The summed E-state index contributed by atoms with van der Waals surface area (Å²) in [6.45, 7) is 3.55. The first-order valence-electron chi connectivity index (χ1n) is 7.98. The van der Waals surface area contributed by atoms with Crippen LogP contribution in [0.25, 0.3) is 10.8 Å². The lowest BCUT2D eigenvalue weighted by Crippen LogP contribution is -2.13. The molecule has 0 aliphatic heterocycles. The first-order chi connectivity index (χ1) is 12.6. The van der Waals surface area contributed by atoms with Crippen LogP contribution in [0.2, 0.25) is 0 Å². The molecule has 0 saturated heterocycles. The second-order valence-electron chi connectivity index (χ2n) is 5.39. The molecule has 27 heavy (non-hydrogen) atoms. The number of nitro benzene ring substituents is 1. The number of fused-ring (bicyclic) bond motifs is 1. The minimum absolute atomic E-state index is 0.00244. The zero-order valence-corrected chi connectivity index (χ0v) is 16.5. The van der Waals surface area contributed by atoms with Gasteiger partial charge in [-0.15, -0.1) is 0 Å². The molecule has 0 radical (unpaired) electrons. The molecule has 10 nitrogen and oxygen atoms in total. The number of nitrogens with zero attached hydrogens (tertiary/aromatic N) is 1. The van der Waals surface area contributed by atoms with Crippen molar-refractivity contribution >= 4 is 39.8 Å². The zero-order chi connectivity index (χ0) is 20.2.